The highest BCUT2D eigenvalue weighted by atomic mass is 16.2. The van der Waals surface area contributed by atoms with Crippen molar-refractivity contribution >= 4 is 5.91 Å². The molecule has 1 amide bonds. The summed E-state index contributed by atoms with van der Waals surface area (Å²) < 4.78 is 0. The van der Waals surface area contributed by atoms with E-state index in [2.05, 4.69) is 24.1 Å². The molecule has 0 bridgehead atoms. The molecule has 2 saturated heterocycles. The zero-order chi connectivity index (χ0) is 12.3. The summed E-state index contributed by atoms with van der Waals surface area (Å²) in [5.41, 5.74) is 0. The number of likely N-dealkylation sites (tertiary alicyclic amines) is 1. The maximum Gasteiger partial charge on any atom is 0.226 e. The van der Waals surface area contributed by atoms with E-state index < -0.39 is 0 Å². The average Bonchev–Trinajstić information content (AvgIpc) is 2.27. The summed E-state index contributed by atoms with van der Waals surface area (Å²) >= 11 is 0. The molecule has 2 aliphatic rings. The molecule has 2 fully saturated rings. The zero-order valence-corrected chi connectivity index (χ0v) is 11.2. The molecule has 0 radical (unpaired) electrons. The molecule has 2 aliphatic heterocycles. The van der Waals surface area contributed by atoms with Gasteiger partial charge in [-0.2, -0.15) is 0 Å². The third-order valence-electron chi connectivity index (χ3n) is 4.44. The second-order valence-corrected chi connectivity index (χ2v) is 5.68. The number of rotatable bonds is 4. The molecule has 1 N–H and O–H groups in total. The van der Waals surface area contributed by atoms with E-state index >= 15 is 0 Å². The molecule has 2 heterocycles. The Morgan fingerprint density at radius 2 is 2.18 bits per heavy atom. The van der Waals surface area contributed by atoms with E-state index in [9.17, 15) is 4.79 Å². The summed E-state index contributed by atoms with van der Waals surface area (Å²) in [6.45, 7) is 7.38. The van der Waals surface area contributed by atoms with Crippen LogP contribution in [0, 0.1) is 11.8 Å². The number of piperidine rings is 1. The molecular weight excluding hydrogens is 212 g/mol. The predicted octanol–water partition coefficient (Wildman–Crippen LogP) is 2.02. The molecule has 0 saturated carbocycles. The van der Waals surface area contributed by atoms with Crippen LogP contribution in [0.4, 0.5) is 0 Å². The second kappa shape index (κ2) is 5.85. The molecule has 0 aromatic rings. The minimum absolute atomic E-state index is 0.216. The molecule has 0 aromatic carbocycles. The summed E-state index contributed by atoms with van der Waals surface area (Å²) in [5, 5.41) is 3.27. The van der Waals surface area contributed by atoms with E-state index in [-0.39, 0.29) is 5.92 Å². The van der Waals surface area contributed by atoms with E-state index in [0.29, 0.717) is 17.9 Å². The number of hydrogen-bond donors (Lipinski definition) is 1. The monoisotopic (exact) mass is 238 g/mol. The molecule has 0 aliphatic carbocycles. The molecule has 17 heavy (non-hydrogen) atoms. The molecule has 2 unspecified atom stereocenters. The summed E-state index contributed by atoms with van der Waals surface area (Å²) in [4.78, 5) is 14.7. The van der Waals surface area contributed by atoms with Crippen LogP contribution >= 0.6 is 0 Å². The van der Waals surface area contributed by atoms with Crippen molar-refractivity contribution in [2.75, 3.05) is 19.6 Å². The Labute approximate surface area is 105 Å². The lowest BCUT2D eigenvalue weighted by Crippen LogP contribution is -2.53. The van der Waals surface area contributed by atoms with Gasteiger partial charge in [-0.1, -0.05) is 20.3 Å². The van der Waals surface area contributed by atoms with Gasteiger partial charge in [-0.05, 0) is 44.7 Å². The van der Waals surface area contributed by atoms with Crippen molar-refractivity contribution < 1.29 is 4.79 Å². The van der Waals surface area contributed by atoms with Crippen LogP contribution in [0.25, 0.3) is 0 Å². The minimum atomic E-state index is 0.216. The van der Waals surface area contributed by atoms with Crippen LogP contribution in [-0.2, 0) is 4.79 Å². The molecule has 2 rings (SSSR count). The average molecular weight is 238 g/mol. The molecule has 98 valence electrons. The maximum atomic E-state index is 12.5. The van der Waals surface area contributed by atoms with E-state index in [1.165, 1.54) is 32.1 Å². The van der Waals surface area contributed by atoms with Crippen molar-refractivity contribution in [1.82, 2.24) is 10.2 Å². The topological polar surface area (TPSA) is 32.3 Å². The fourth-order valence-electron chi connectivity index (χ4n) is 3.05. The van der Waals surface area contributed by atoms with Gasteiger partial charge >= 0.3 is 0 Å². The van der Waals surface area contributed by atoms with E-state index in [1.54, 1.807) is 0 Å². The van der Waals surface area contributed by atoms with Gasteiger partial charge in [-0.3, -0.25) is 4.79 Å². The van der Waals surface area contributed by atoms with E-state index in [0.717, 1.165) is 19.6 Å². The lowest BCUT2D eigenvalue weighted by atomic mass is 9.86. The van der Waals surface area contributed by atoms with Gasteiger partial charge in [0.05, 0.1) is 0 Å². The number of hydrogen-bond acceptors (Lipinski definition) is 2. The van der Waals surface area contributed by atoms with Gasteiger partial charge in [0.15, 0.2) is 0 Å². The van der Waals surface area contributed by atoms with Crippen LogP contribution in [0.2, 0.25) is 0 Å². The fraction of sp³-hybridized carbons (Fsp3) is 0.929. The standard InChI is InChI=1S/C14H26N2O/c1-3-6-13-7-4-5-8-16(13)14(17)11(2)12-9-15-10-12/h11-13,15H,3-10H2,1-2H3. The highest BCUT2D eigenvalue weighted by molar-refractivity contribution is 5.79. The maximum absolute atomic E-state index is 12.5. The van der Waals surface area contributed by atoms with Gasteiger partial charge in [-0.15, -0.1) is 0 Å². The molecule has 2 atom stereocenters. The van der Waals surface area contributed by atoms with Crippen LogP contribution in [0.15, 0.2) is 0 Å². The number of carbonyl (C=O) groups is 1. The number of nitrogens with one attached hydrogen (secondary N) is 1. The van der Waals surface area contributed by atoms with Crippen LogP contribution in [0.3, 0.4) is 0 Å². The van der Waals surface area contributed by atoms with E-state index in [4.69, 9.17) is 0 Å². The van der Waals surface area contributed by atoms with Crippen molar-refractivity contribution in [2.45, 2.75) is 52.0 Å². The largest absolute Gasteiger partial charge is 0.339 e. The van der Waals surface area contributed by atoms with Gasteiger partial charge in [0.1, 0.15) is 0 Å². The normalized spacial score (nSPS) is 27.6. The van der Waals surface area contributed by atoms with E-state index in [1.807, 2.05) is 0 Å². The molecule has 3 nitrogen and oxygen atoms in total. The Bertz CT molecular complexity index is 261. The van der Waals surface area contributed by atoms with Crippen LogP contribution in [0.1, 0.15) is 46.0 Å². The first-order valence-electron chi connectivity index (χ1n) is 7.25. The number of amides is 1. The van der Waals surface area contributed by atoms with Crippen molar-refractivity contribution in [1.29, 1.82) is 0 Å². The third kappa shape index (κ3) is 2.82. The molecule has 0 spiro atoms. The van der Waals surface area contributed by atoms with Gasteiger partial charge in [0.25, 0.3) is 0 Å². The Morgan fingerprint density at radius 3 is 2.76 bits per heavy atom. The Kier molecular flexibility index (Phi) is 4.43. The van der Waals surface area contributed by atoms with Crippen molar-refractivity contribution in [3.8, 4) is 0 Å². The highest BCUT2D eigenvalue weighted by Crippen LogP contribution is 2.26. The number of carbonyl (C=O) groups excluding carboxylic acids is 1. The SMILES string of the molecule is CCCC1CCCCN1C(=O)C(C)C1CNC1. The molecular formula is C14H26N2O. The van der Waals surface area contributed by atoms with Crippen molar-refractivity contribution in [2.24, 2.45) is 11.8 Å². The lowest BCUT2D eigenvalue weighted by Gasteiger charge is -2.40. The van der Waals surface area contributed by atoms with Crippen LogP contribution in [-0.4, -0.2) is 36.5 Å². The fourth-order valence-corrected chi connectivity index (χ4v) is 3.05. The van der Waals surface area contributed by atoms with Gasteiger partial charge in [-0.25, -0.2) is 0 Å². The third-order valence-corrected chi connectivity index (χ3v) is 4.44. The molecule has 0 aromatic heterocycles. The highest BCUT2D eigenvalue weighted by Gasteiger charge is 2.34. The van der Waals surface area contributed by atoms with Gasteiger partial charge < -0.3 is 10.2 Å². The lowest BCUT2D eigenvalue weighted by molar-refractivity contribution is -0.141. The summed E-state index contributed by atoms with van der Waals surface area (Å²) in [6.07, 6.45) is 6.08. The van der Waals surface area contributed by atoms with Gasteiger partial charge in [0, 0.05) is 18.5 Å². The predicted molar refractivity (Wildman–Crippen MR) is 69.8 cm³/mol. The number of nitrogens with zero attached hydrogens (tertiary/aromatic N) is 1. The summed E-state index contributed by atoms with van der Waals surface area (Å²) in [5.74, 6) is 1.20. The first-order chi connectivity index (χ1) is 8.24. The smallest absolute Gasteiger partial charge is 0.226 e. The first-order valence-corrected chi connectivity index (χ1v) is 7.25. The van der Waals surface area contributed by atoms with Crippen LogP contribution < -0.4 is 5.32 Å². The quantitative estimate of drug-likeness (QED) is 0.812. The van der Waals surface area contributed by atoms with Crippen molar-refractivity contribution in [3.05, 3.63) is 0 Å². The summed E-state index contributed by atoms with van der Waals surface area (Å²) in [7, 11) is 0. The Balaban J connectivity index is 1.94. The summed E-state index contributed by atoms with van der Waals surface area (Å²) in [6, 6.07) is 0.525. The van der Waals surface area contributed by atoms with Gasteiger partial charge in [0.2, 0.25) is 5.91 Å². The Morgan fingerprint density at radius 1 is 1.41 bits per heavy atom. The zero-order valence-electron chi connectivity index (χ0n) is 11.2. The van der Waals surface area contributed by atoms with Crippen LogP contribution in [0.5, 0.6) is 0 Å². The van der Waals surface area contributed by atoms with Crippen molar-refractivity contribution in [3.63, 3.8) is 0 Å². The second-order valence-electron chi connectivity index (χ2n) is 5.68. The minimum Gasteiger partial charge on any atom is -0.339 e. The molecule has 3 heteroatoms. The first kappa shape index (κ1) is 12.9. The Hall–Kier alpha value is -0.570.